The normalized spacial score (nSPS) is 11.2. The first-order chi connectivity index (χ1) is 12.6. The van der Waals surface area contributed by atoms with E-state index in [1.165, 1.54) is 11.1 Å². The molecule has 2 nitrogen and oxygen atoms in total. The smallest absolute Gasteiger partial charge is 0.127 e. The zero-order chi connectivity index (χ0) is 18.4. The van der Waals surface area contributed by atoms with Gasteiger partial charge in [0.1, 0.15) is 17.2 Å². The summed E-state index contributed by atoms with van der Waals surface area (Å²) in [5, 5.41) is 0. The van der Waals surface area contributed by atoms with Gasteiger partial charge in [-0.1, -0.05) is 56.3 Å². The minimum atomic E-state index is 0.0239. The highest BCUT2D eigenvalue weighted by atomic mass is 16.5. The van der Waals surface area contributed by atoms with Crippen LogP contribution in [0.1, 0.15) is 31.9 Å². The molecule has 0 aromatic heterocycles. The van der Waals surface area contributed by atoms with Crippen molar-refractivity contribution in [2.24, 2.45) is 0 Å². The number of ether oxygens (including phenoxy) is 2. The van der Waals surface area contributed by atoms with Crippen LogP contribution in [0.4, 0.5) is 0 Å². The molecule has 3 rings (SSSR count). The van der Waals surface area contributed by atoms with E-state index in [1.54, 1.807) is 0 Å². The fraction of sp³-hybridized carbons (Fsp3) is 0.250. The number of benzene rings is 3. The second-order valence-electron chi connectivity index (χ2n) is 7.08. The minimum absolute atomic E-state index is 0.0239. The Morgan fingerprint density at radius 2 is 1.42 bits per heavy atom. The van der Waals surface area contributed by atoms with Crippen molar-refractivity contribution in [3.63, 3.8) is 0 Å². The summed E-state index contributed by atoms with van der Waals surface area (Å²) in [5.74, 6) is 2.65. The van der Waals surface area contributed by atoms with Gasteiger partial charge in [0.25, 0.3) is 0 Å². The Morgan fingerprint density at radius 1 is 0.731 bits per heavy atom. The summed E-state index contributed by atoms with van der Waals surface area (Å²) in [7, 11) is 0. The van der Waals surface area contributed by atoms with Gasteiger partial charge in [-0.2, -0.15) is 0 Å². The van der Waals surface area contributed by atoms with Crippen LogP contribution in [0.25, 0.3) is 0 Å². The van der Waals surface area contributed by atoms with Crippen LogP contribution in [0.3, 0.4) is 0 Å². The predicted molar refractivity (Wildman–Crippen MR) is 107 cm³/mol. The zero-order valence-electron chi connectivity index (χ0n) is 15.7. The van der Waals surface area contributed by atoms with Gasteiger partial charge in [0.05, 0.1) is 6.61 Å². The van der Waals surface area contributed by atoms with Crippen LogP contribution in [0.15, 0.2) is 78.9 Å². The third-order valence-corrected chi connectivity index (χ3v) is 4.47. The summed E-state index contributed by atoms with van der Waals surface area (Å²) in [6, 6.07) is 26.7. The van der Waals surface area contributed by atoms with Gasteiger partial charge in [-0.3, -0.25) is 0 Å². The van der Waals surface area contributed by atoms with Crippen molar-refractivity contribution in [3.8, 4) is 17.2 Å². The predicted octanol–water partition coefficient (Wildman–Crippen LogP) is 6.40. The Kier molecular flexibility index (Phi) is 5.62. The molecule has 0 fully saturated rings. The first kappa shape index (κ1) is 18.1. The van der Waals surface area contributed by atoms with Crippen molar-refractivity contribution in [3.05, 3.63) is 90.0 Å². The molecule has 0 bridgehead atoms. The van der Waals surface area contributed by atoms with Crippen molar-refractivity contribution >= 4 is 0 Å². The Balaban J connectivity index is 1.73. The van der Waals surface area contributed by atoms with E-state index >= 15 is 0 Å². The number of hydrogen-bond acceptors (Lipinski definition) is 2. The van der Waals surface area contributed by atoms with Crippen LogP contribution in [0.2, 0.25) is 0 Å². The monoisotopic (exact) mass is 346 g/mol. The molecule has 0 radical (unpaired) electrons. The molecule has 0 N–H and O–H groups in total. The maximum atomic E-state index is 5.97. The van der Waals surface area contributed by atoms with Gasteiger partial charge in [-0.15, -0.1) is 0 Å². The lowest BCUT2D eigenvalue weighted by molar-refractivity contribution is 0.340. The average molecular weight is 346 g/mol. The SMILES string of the molecule is CCOc1ccc(C(C)(C)Cc2cccc(Oc3ccccc3)c2)cc1. The topological polar surface area (TPSA) is 18.5 Å². The first-order valence-electron chi connectivity index (χ1n) is 9.12. The second kappa shape index (κ2) is 8.09. The molecule has 3 aromatic carbocycles. The van der Waals surface area contributed by atoms with E-state index in [4.69, 9.17) is 9.47 Å². The third kappa shape index (κ3) is 4.66. The maximum absolute atomic E-state index is 5.97. The van der Waals surface area contributed by atoms with Crippen molar-refractivity contribution in [2.75, 3.05) is 6.61 Å². The van der Waals surface area contributed by atoms with Gasteiger partial charge in [-0.05, 0) is 66.3 Å². The Morgan fingerprint density at radius 3 is 2.12 bits per heavy atom. The lowest BCUT2D eigenvalue weighted by Crippen LogP contribution is -2.20. The van der Waals surface area contributed by atoms with Crippen molar-refractivity contribution < 1.29 is 9.47 Å². The molecule has 0 heterocycles. The van der Waals surface area contributed by atoms with E-state index in [1.807, 2.05) is 43.3 Å². The van der Waals surface area contributed by atoms with Gasteiger partial charge in [-0.25, -0.2) is 0 Å². The van der Waals surface area contributed by atoms with Gasteiger partial charge in [0.2, 0.25) is 0 Å². The Bertz CT molecular complexity index is 820. The lowest BCUT2D eigenvalue weighted by Gasteiger charge is -2.26. The fourth-order valence-electron chi connectivity index (χ4n) is 3.12. The van der Waals surface area contributed by atoms with Crippen LogP contribution in [-0.2, 0) is 11.8 Å². The summed E-state index contributed by atoms with van der Waals surface area (Å²) < 4.78 is 11.5. The van der Waals surface area contributed by atoms with Crippen LogP contribution >= 0.6 is 0 Å². The molecule has 0 unspecified atom stereocenters. The molecule has 134 valence electrons. The molecular formula is C24H26O2. The summed E-state index contributed by atoms with van der Waals surface area (Å²) in [6.07, 6.45) is 0.937. The van der Waals surface area contributed by atoms with Gasteiger partial charge >= 0.3 is 0 Å². The van der Waals surface area contributed by atoms with Crippen LogP contribution in [0, 0.1) is 0 Å². The Hall–Kier alpha value is -2.74. The van der Waals surface area contributed by atoms with E-state index in [2.05, 4.69) is 56.3 Å². The van der Waals surface area contributed by atoms with Crippen molar-refractivity contribution in [2.45, 2.75) is 32.6 Å². The molecular weight excluding hydrogens is 320 g/mol. The minimum Gasteiger partial charge on any atom is -0.494 e. The van der Waals surface area contributed by atoms with E-state index in [-0.39, 0.29) is 5.41 Å². The van der Waals surface area contributed by atoms with Gasteiger partial charge in [0.15, 0.2) is 0 Å². The molecule has 0 spiro atoms. The molecule has 0 saturated carbocycles. The molecule has 26 heavy (non-hydrogen) atoms. The lowest BCUT2D eigenvalue weighted by atomic mass is 9.79. The molecule has 0 amide bonds. The first-order valence-corrected chi connectivity index (χ1v) is 9.12. The highest BCUT2D eigenvalue weighted by Crippen LogP contribution is 2.31. The summed E-state index contributed by atoms with van der Waals surface area (Å²) >= 11 is 0. The van der Waals surface area contributed by atoms with E-state index in [0.29, 0.717) is 6.61 Å². The highest BCUT2D eigenvalue weighted by Gasteiger charge is 2.21. The molecule has 0 aliphatic heterocycles. The highest BCUT2D eigenvalue weighted by molar-refractivity contribution is 5.37. The third-order valence-electron chi connectivity index (χ3n) is 4.47. The summed E-state index contributed by atoms with van der Waals surface area (Å²) in [4.78, 5) is 0. The van der Waals surface area contributed by atoms with Gasteiger partial charge < -0.3 is 9.47 Å². The van der Waals surface area contributed by atoms with Gasteiger partial charge in [0, 0.05) is 0 Å². The van der Waals surface area contributed by atoms with E-state index < -0.39 is 0 Å². The number of rotatable bonds is 7. The fourth-order valence-corrected chi connectivity index (χ4v) is 3.12. The molecule has 0 aliphatic carbocycles. The van der Waals surface area contributed by atoms with Crippen LogP contribution < -0.4 is 9.47 Å². The molecule has 0 saturated heterocycles. The van der Waals surface area contributed by atoms with Crippen LogP contribution in [0.5, 0.6) is 17.2 Å². The Labute approximate surface area is 156 Å². The number of para-hydroxylation sites is 1. The molecule has 0 aliphatic rings. The average Bonchev–Trinajstić information content (AvgIpc) is 2.63. The molecule has 2 heteroatoms. The van der Waals surface area contributed by atoms with Crippen molar-refractivity contribution in [1.82, 2.24) is 0 Å². The molecule has 0 atom stereocenters. The number of hydrogen-bond donors (Lipinski definition) is 0. The molecule has 3 aromatic rings. The van der Waals surface area contributed by atoms with E-state index in [0.717, 1.165) is 23.7 Å². The largest absolute Gasteiger partial charge is 0.494 e. The quantitative estimate of drug-likeness (QED) is 0.493. The van der Waals surface area contributed by atoms with E-state index in [9.17, 15) is 0 Å². The van der Waals surface area contributed by atoms with Crippen LogP contribution in [-0.4, -0.2) is 6.61 Å². The zero-order valence-corrected chi connectivity index (χ0v) is 15.7. The summed E-state index contributed by atoms with van der Waals surface area (Å²) in [6.45, 7) is 7.24. The second-order valence-corrected chi connectivity index (χ2v) is 7.08. The standard InChI is InChI=1S/C24H26O2/c1-4-25-21-15-13-20(14-16-21)24(2,3)18-19-9-8-12-23(17-19)26-22-10-6-5-7-11-22/h5-17H,4,18H2,1-3H3. The summed E-state index contributed by atoms with van der Waals surface area (Å²) in [5.41, 5.74) is 2.59. The maximum Gasteiger partial charge on any atom is 0.127 e. The van der Waals surface area contributed by atoms with Crippen molar-refractivity contribution in [1.29, 1.82) is 0 Å².